The van der Waals surface area contributed by atoms with Gasteiger partial charge in [-0.3, -0.25) is 9.59 Å². The zero-order valence-corrected chi connectivity index (χ0v) is 14.5. The summed E-state index contributed by atoms with van der Waals surface area (Å²) in [6, 6.07) is 5.49. The maximum absolute atomic E-state index is 13.0. The highest BCUT2D eigenvalue weighted by Gasteiger charge is 2.34. The van der Waals surface area contributed by atoms with Crippen LogP contribution in [0.25, 0.3) is 11.4 Å². The Hall–Kier alpha value is -2.77. The van der Waals surface area contributed by atoms with E-state index in [0.717, 1.165) is 12.8 Å². The zero-order chi connectivity index (χ0) is 18.5. The number of carbonyl (C=O) groups excluding carboxylic acids is 2. The highest BCUT2D eigenvalue weighted by molar-refractivity contribution is 5.81. The molecule has 3 rings (SSSR count). The molecular formula is C18H20FN3O4. The van der Waals surface area contributed by atoms with Gasteiger partial charge in [0.2, 0.25) is 17.6 Å². The number of hydrogen-bond acceptors (Lipinski definition) is 6. The second-order valence-corrected chi connectivity index (χ2v) is 6.01. The Bertz CT molecular complexity index is 775. The van der Waals surface area contributed by atoms with Gasteiger partial charge < -0.3 is 14.2 Å². The summed E-state index contributed by atoms with van der Waals surface area (Å²) in [6.45, 7) is 2.61. The van der Waals surface area contributed by atoms with Gasteiger partial charge in [0.1, 0.15) is 11.9 Å². The molecule has 1 aromatic heterocycles. The van der Waals surface area contributed by atoms with Crippen LogP contribution in [0.4, 0.5) is 4.39 Å². The minimum Gasteiger partial charge on any atom is -0.466 e. The summed E-state index contributed by atoms with van der Waals surface area (Å²) >= 11 is 0. The highest BCUT2D eigenvalue weighted by Crippen LogP contribution is 2.32. The van der Waals surface area contributed by atoms with E-state index in [-0.39, 0.29) is 36.6 Å². The number of carbonyl (C=O) groups is 2. The molecule has 2 heterocycles. The van der Waals surface area contributed by atoms with E-state index >= 15 is 0 Å². The van der Waals surface area contributed by atoms with Gasteiger partial charge in [-0.25, -0.2) is 4.39 Å². The number of nitrogens with zero attached hydrogens (tertiary/aromatic N) is 3. The Morgan fingerprint density at radius 2 is 2.08 bits per heavy atom. The third-order valence-electron chi connectivity index (χ3n) is 4.25. The van der Waals surface area contributed by atoms with Crippen LogP contribution in [0.1, 0.15) is 44.5 Å². The third-order valence-corrected chi connectivity index (χ3v) is 4.25. The molecule has 1 amide bonds. The van der Waals surface area contributed by atoms with E-state index in [1.54, 1.807) is 24.0 Å². The van der Waals surface area contributed by atoms with E-state index in [0.29, 0.717) is 30.4 Å². The largest absolute Gasteiger partial charge is 0.466 e. The number of benzene rings is 1. The number of hydrogen-bond donors (Lipinski definition) is 0. The first-order chi connectivity index (χ1) is 12.6. The van der Waals surface area contributed by atoms with Crippen molar-refractivity contribution >= 4 is 11.9 Å². The first-order valence-electron chi connectivity index (χ1n) is 8.63. The molecule has 2 aromatic rings. The average Bonchev–Trinajstić information content (AvgIpc) is 3.29. The van der Waals surface area contributed by atoms with Crippen LogP contribution >= 0.6 is 0 Å². The third kappa shape index (κ3) is 4.07. The number of likely N-dealkylation sites (tertiary alicyclic amines) is 1. The van der Waals surface area contributed by atoms with Gasteiger partial charge in [-0.2, -0.15) is 4.98 Å². The van der Waals surface area contributed by atoms with E-state index in [4.69, 9.17) is 9.26 Å². The van der Waals surface area contributed by atoms with Crippen molar-refractivity contribution < 1.29 is 23.2 Å². The molecule has 1 aromatic carbocycles. The molecular weight excluding hydrogens is 341 g/mol. The van der Waals surface area contributed by atoms with Crippen LogP contribution < -0.4 is 0 Å². The molecule has 0 spiro atoms. The molecule has 0 bridgehead atoms. The van der Waals surface area contributed by atoms with Crippen molar-refractivity contribution in [3.63, 3.8) is 0 Å². The summed E-state index contributed by atoms with van der Waals surface area (Å²) in [5.41, 5.74) is 0.639. The summed E-state index contributed by atoms with van der Waals surface area (Å²) in [4.78, 5) is 29.9. The summed E-state index contributed by atoms with van der Waals surface area (Å²) < 4.78 is 23.2. The second kappa shape index (κ2) is 8.07. The minimum atomic E-state index is -0.381. The first-order valence-corrected chi connectivity index (χ1v) is 8.63. The van der Waals surface area contributed by atoms with Crippen LogP contribution in [0.3, 0.4) is 0 Å². The molecule has 0 saturated carbocycles. The van der Waals surface area contributed by atoms with Gasteiger partial charge in [0.05, 0.1) is 13.0 Å². The van der Waals surface area contributed by atoms with Crippen LogP contribution in [-0.2, 0) is 14.3 Å². The number of rotatable bonds is 6. The molecule has 1 aliphatic rings. The van der Waals surface area contributed by atoms with Crippen molar-refractivity contribution in [3.8, 4) is 11.4 Å². The number of aromatic nitrogens is 2. The van der Waals surface area contributed by atoms with E-state index in [1.165, 1.54) is 12.1 Å². The van der Waals surface area contributed by atoms with Gasteiger partial charge >= 0.3 is 5.97 Å². The monoisotopic (exact) mass is 361 g/mol. The average molecular weight is 361 g/mol. The Balaban J connectivity index is 1.67. The van der Waals surface area contributed by atoms with Crippen LogP contribution in [0.5, 0.6) is 0 Å². The Morgan fingerprint density at radius 3 is 2.81 bits per heavy atom. The van der Waals surface area contributed by atoms with Gasteiger partial charge in [-0.05, 0) is 44.0 Å². The summed E-state index contributed by atoms with van der Waals surface area (Å²) in [7, 11) is 0. The van der Waals surface area contributed by atoms with Crippen molar-refractivity contribution in [2.24, 2.45) is 0 Å². The van der Waals surface area contributed by atoms with Gasteiger partial charge in [0.25, 0.3) is 0 Å². The van der Waals surface area contributed by atoms with Crippen molar-refractivity contribution in [3.05, 3.63) is 36.0 Å². The predicted molar refractivity (Wildman–Crippen MR) is 89.2 cm³/mol. The molecule has 0 radical (unpaired) electrons. The molecule has 1 unspecified atom stereocenters. The van der Waals surface area contributed by atoms with E-state index in [1.807, 2.05) is 0 Å². The number of halogens is 1. The topological polar surface area (TPSA) is 85.5 Å². The molecule has 1 atom stereocenters. The lowest BCUT2D eigenvalue weighted by Gasteiger charge is -2.21. The van der Waals surface area contributed by atoms with Gasteiger partial charge in [-0.15, -0.1) is 0 Å². The molecule has 7 nitrogen and oxygen atoms in total. The normalized spacial score (nSPS) is 16.7. The van der Waals surface area contributed by atoms with E-state index in [9.17, 15) is 14.0 Å². The zero-order valence-electron chi connectivity index (χ0n) is 14.5. The SMILES string of the molecule is CCOC(=O)CCC(=O)N1CCCC1c1nc(-c2ccc(F)cc2)no1. The number of ether oxygens (including phenoxy) is 1. The lowest BCUT2D eigenvalue weighted by atomic mass is 10.2. The molecule has 0 N–H and O–H groups in total. The Labute approximate surface area is 150 Å². The quantitative estimate of drug-likeness (QED) is 0.736. The predicted octanol–water partition coefficient (Wildman–Crippen LogP) is 2.88. The van der Waals surface area contributed by atoms with Crippen LogP contribution in [0, 0.1) is 5.82 Å². The molecule has 138 valence electrons. The van der Waals surface area contributed by atoms with Crippen molar-refractivity contribution in [2.75, 3.05) is 13.2 Å². The fraction of sp³-hybridized carbons (Fsp3) is 0.444. The lowest BCUT2D eigenvalue weighted by Crippen LogP contribution is -2.31. The standard InChI is InChI=1S/C18H20FN3O4/c1-2-25-16(24)10-9-15(23)22-11-3-4-14(22)18-20-17(21-26-18)12-5-7-13(19)8-6-12/h5-8,14H,2-4,9-11H2,1H3. The molecule has 8 heteroatoms. The van der Waals surface area contributed by atoms with E-state index in [2.05, 4.69) is 10.1 Å². The highest BCUT2D eigenvalue weighted by atomic mass is 19.1. The molecule has 1 aliphatic heterocycles. The second-order valence-electron chi connectivity index (χ2n) is 6.01. The maximum atomic E-state index is 13.0. The molecule has 1 fully saturated rings. The van der Waals surface area contributed by atoms with Crippen molar-refractivity contribution in [1.82, 2.24) is 15.0 Å². The van der Waals surface area contributed by atoms with Gasteiger partial charge in [-0.1, -0.05) is 5.16 Å². The minimum absolute atomic E-state index is 0.0561. The van der Waals surface area contributed by atoms with Crippen molar-refractivity contribution in [2.45, 2.75) is 38.6 Å². The Kier molecular flexibility index (Phi) is 5.60. The molecule has 1 saturated heterocycles. The summed E-state index contributed by atoms with van der Waals surface area (Å²) in [6.07, 6.45) is 1.69. The fourth-order valence-electron chi connectivity index (χ4n) is 2.99. The first kappa shape index (κ1) is 18.0. The Morgan fingerprint density at radius 1 is 1.31 bits per heavy atom. The van der Waals surface area contributed by atoms with Crippen LogP contribution in [-0.4, -0.2) is 40.1 Å². The number of esters is 1. The number of amides is 1. The summed E-state index contributed by atoms with van der Waals surface area (Å²) in [5, 5.41) is 3.93. The molecule has 0 aliphatic carbocycles. The van der Waals surface area contributed by atoms with Gasteiger partial charge in [0.15, 0.2) is 0 Å². The summed E-state index contributed by atoms with van der Waals surface area (Å²) in [5.74, 6) is -0.154. The van der Waals surface area contributed by atoms with Gasteiger partial charge in [0, 0.05) is 18.5 Å². The fourth-order valence-corrected chi connectivity index (χ4v) is 2.99. The van der Waals surface area contributed by atoms with E-state index < -0.39 is 0 Å². The smallest absolute Gasteiger partial charge is 0.306 e. The lowest BCUT2D eigenvalue weighted by molar-refractivity contribution is -0.146. The van der Waals surface area contributed by atoms with Crippen LogP contribution in [0.2, 0.25) is 0 Å². The van der Waals surface area contributed by atoms with Crippen LogP contribution in [0.15, 0.2) is 28.8 Å². The van der Waals surface area contributed by atoms with Crippen molar-refractivity contribution in [1.29, 1.82) is 0 Å². The maximum Gasteiger partial charge on any atom is 0.306 e. The molecule has 26 heavy (non-hydrogen) atoms.